The predicted molar refractivity (Wildman–Crippen MR) is 94.6 cm³/mol. The predicted octanol–water partition coefficient (Wildman–Crippen LogP) is 5.09. The molecule has 120 valence electrons. The van der Waals surface area contributed by atoms with Crippen molar-refractivity contribution in [1.82, 2.24) is 9.55 Å². The molecule has 3 heteroatoms. The molecule has 0 N–H and O–H groups in total. The summed E-state index contributed by atoms with van der Waals surface area (Å²) in [6.07, 6.45) is 3.40. The number of fused-ring (bicyclic) bond motifs is 1. The van der Waals surface area contributed by atoms with Crippen LogP contribution in [0.15, 0.2) is 30.3 Å². The van der Waals surface area contributed by atoms with Gasteiger partial charge in [-0.25, -0.2) is 4.98 Å². The Labute approximate surface area is 138 Å². The van der Waals surface area contributed by atoms with Crippen LogP contribution in [0.4, 0.5) is 0 Å². The van der Waals surface area contributed by atoms with Crippen molar-refractivity contribution < 1.29 is 0 Å². The Morgan fingerprint density at radius 1 is 1.26 bits per heavy atom. The number of hydrogen-bond donors (Lipinski definition) is 0. The quantitative estimate of drug-likeness (QED) is 0.792. The average Bonchev–Trinajstić information content (AvgIpc) is 3.05. The monoisotopic (exact) mass is 307 g/mol. The summed E-state index contributed by atoms with van der Waals surface area (Å²) < 4.78 is 2.09. The first-order chi connectivity index (χ1) is 10.9. The van der Waals surface area contributed by atoms with Crippen LogP contribution in [0.25, 0.3) is 16.7 Å². The highest BCUT2D eigenvalue weighted by molar-refractivity contribution is 5.82. The Kier molecular flexibility index (Phi) is 3.80. The second-order valence-corrected chi connectivity index (χ2v) is 7.48. The van der Waals surface area contributed by atoms with Crippen LogP contribution in [-0.2, 0) is 0 Å². The Hall–Kier alpha value is -2.08. The molecule has 3 nitrogen and oxygen atoms in total. The number of imidazole rings is 1. The topological polar surface area (TPSA) is 41.6 Å². The summed E-state index contributed by atoms with van der Waals surface area (Å²) in [5, 5.41) is 9.60. The van der Waals surface area contributed by atoms with E-state index < -0.39 is 0 Å². The van der Waals surface area contributed by atoms with E-state index in [1.165, 1.54) is 5.70 Å². The standard InChI is InChI=1S/C20H25N3/c1-13(2)15-10-11-18(20(15,5)14(3)4)23-17-9-7-6-8-16(17)22-19(23)12-21/h6-9,11,13-15H,10H2,1-5H3/t15?,20-/m0/s1. The van der Waals surface area contributed by atoms with Crippen molar-refractivity contribution in [2.24, 2.45) is 23.2 Å². The van der Waals surface area contributed by atoms with Crippen LogP contribution in [0.1, 0.15) is 46.9 Å². The van der Waals surface area contributed by atoms with Crippen molar-refractivity contribution >= 4 is 16.7 Å². The lowest BCUT2D eigenvalue weighted by molar-refractivity contribution is 0.153. The molecule has 1 aromatic heterocycles. The highest BCUT2D eigenvalue weighted by Gasteiger charge is 2.46. The highest BCUT2D eigenvalue weighted by atomic mass is 15.1. The zero-order valence-corrected chi connectivity index (χ0v) is 14.7. The van der Waals surface area contributed by atoms with Gasteiger partial charge >= 0.3 is 0 Å². The van der Waals surface area contributed by atoms with E-state index in [2.05, 4.69) is 62.4 Å². The van der Waals surface area contributed by atoms with Gasteiger partial charge in [0.2, 0.25) is 5.82 Å². The molecule has 3 rings (SSSR count). The maximum absolute atomic E-state index is 9.60. The van der Waals surface area contributed by atoms with Crippen molar-refractivity contribution in [2.75, 3.05) is 0 Å². The summed E-state index contributed by atoms with van der Waals surface area (Å²) in [6.45, 7) is 11.6. The summed E-state index contributed by atoms with van der Waals surface area (Å²) in [4.78, 5) is 4.53. The SMILES string of the molecule is CC(C)C1CC=C(n2c(C#N)nc3ccccc32)[C@@]1(C)C(C)C. The molecule has 2 atom stereocenters. The van der Waals surface area contributed by atoms with E-state index in [0.717, 1.165) is 17.5 Å². The van der Waals surface area contributed by atoms with Gasteiger partial charge in [-0.1, -0.05) is 52.8 Å². The van der Waals surface area contributed by atoms with E-state index in [-0.39, 0.29) is 5.41 Å². The minimum atomic E-state index is 0.0449. The maximum atomic E-state index is 9.60. The Bertz CT molecular complexity index is 804. The summed E-state index contributed by atoms with van der Waals surface area (Å²) in [5.41, 5.74) is 3.22. The molecule has 0 amide bonds. The lowest BCUT2D eigenvalue weighted by Gasteiger charge is -2.41. The normalized spacial score (nSPS) is 24.4. The fourth-order valence-electron chi connectivity index (χ4n) is 4.26. The van der Waals surface area contributed by atoms with Gasteiger partial charge < -0.3 is 0 Å². The van der Waals surface area contributed by atoms with Crippen molar-refractivity contribution in [3.8, 4) is 6.07 Å². The lowest BCUT2D eigenvalue weighted by Crippen LogP contribution is -2.35. The van der Waals surface area contributed by atoms with Crippen LogP contribution in [0.3, 0.4) is 0 Å². The van der Waals surface area contributed by atoms with Crippen LogP contribution < -0.4 is 0 Å². The van der Waals surface area contributed by atoms with E-state index in [1.807, 2.05) is 18.2 Å². The summed E-state index contributed by atoms with van der Waals surface area (Å²) in [6, 6.07) is 10.3. The van der Waals surface area contributed by atoms with Crippen LogP contribution in [0.2, 0.25) is 0 Å². The highest BCUT2D eigenvalue weighted by Crippen LogP contribution is 2.54. The second kappa shape index (κ2) is 5.53. The van der Waals surface area contributed by atoms with E-state index in [4.69, 9.17) is 0 Å². The molecule has 0 spiro atoms. The number of rotatable bonds is 3. The zero-order valence-electron chi connectivity index (χ0n) is 14.7. The number of benzene rings is 1. The Balaban J connectivity index is 2.25. The molecule has 1 unspecified atom stereocenters. The van der Waals surface area contributed by atoms with Crippen LogP contribution >= 0.6 is 0 Å². The van der Waals surface area contributed by atoms with Gasteiger partial charge in [-0.15, -0.1) is 0 Å². The number of nitriles is 1. The third-order valence-electron chi connectivity index (χ3n) is 5.79. The first-order valence-corrected chi connectivity index (χ1v) is 8.49. The van der Waals surface area contributed by atoms with Gasteiger partial charge in [0.15, 0.2) is 0 Å². The van der Waals surface area contributed by atoms with Gasteiger partial charge in [-0.3, -0.25) is 4.57 Å². The zero-order chi connectivity index (χ0) is 16.8. The molecule has 1 heterocycles. The summed E-state index contributed by atoms with van der Waals surface area (Å²) in [7, 11) is 0. The lowest BCUT2D eigenvalue weighted by atomic mass is 9.66. The largest absolute Gasteiger partial charge is 0.288 e. The van der Waals surface area contributed by atoms with Gasteiger partial charge in [0.1, 0.15) is 6.07 Å². The van der Waals surface area contributed by atoms with Gasteiger partial charge in [0.25, 0.3) is 0 Å². The number of nitrogens with zero attached hydrogens (tertiary/aromatic N) is 3. The third-order valence-corrected chi connectivity index (χ3v) is 5.79. The fourth-order valence-corrected chi connectivity index (χ4v) is 4.26. The Morgan fingerprint density at radius 3 is 2.57 bits per heavy atom. The summed E-state index contributed by atoms with van der Waals surface area (Å²) in [5.74, 6) is 2.19. The minimum Gasteiger partial charge on any atom is -0.288 e. The molecule has 0 radical (unpaired) electrons. The number of para-hydroxylation sites is 2. The number of allylic oxidation sites excluding steroid dienone is 2. The number of hydrogen-bond acceptors (Lipinski definition) is 2. The van der Waals surface area contributed by atoms with Crippen LogP contribution in [-0.4, -0.2) is 9.55 Å². The first-order valence-electron chi connectivity index (χ1n) is 8.49. The molecular weight excluding hydrogens is 282 g/mol. The van der Waals surface area contributed by atoms with Crippen molar-refractivity contribution in [3.05, 3.63) is 36.2 Å². The first kappa shape index (κ1) is 15.8. The molecule has 1 aliphatic rings. The third kappa shape index (κ3) is 2.20. The fraction of sp³-hybridized carbons (Fsp3) is 0.500. The van der Waals surface area contributed by atoms with Crippen molar-refractivity contribution in [2.45, 2.75) is 41.0 Å². The summed E-state index contributed by atoms with van der Waals surface area (Å²) >= 11 is 0. The average molecular weight is 307 g/mol. The second-order valence-electron chi connectivity index (χ2n) is 7.48. The Morgan fingerprint density at radius 2 is 1.96 bits per heavy atom. The van der Waals surface area contributed by atoms with Gasteiger partial charge in [0.05, 0.1) is 11.0 Å². The van der Waals surface area contributed by atoms with Crippen molar-refractivity contribution in [3.63, 3.8) is 0 Å². The molecule has 0 aliphatic heterocycles. The molecule has 0 saturated carbocycles. The van der Waals surface area contributed by atoms with Gasteiger partial charge in [0, 0.05) is 11.1 Å². The molecular formula is C20H25N3. The minimum absolute atomic E-state index is 0.0449. The van der Waals surface area contributed by atoms with Crippen molar-refractivity contribution in [1.29, 1.82) is 5.26 Å². The molecule has 0 fully saturated rings. The molecule has 23 heavy (non-hydrogen) atoms. The molecule has 2 aromatic rings. The van der Waals surface area contributed by atoms with E-state index in [1.54, 1.807) is 0 Å². The molecule has 1 aromatic carbocycles. The van der Waals surface area contributed by atoms with Gasteiger partial charge in [-0.05, 0) is 36.3 Å². The van der Waals surface area contributed by atoms with Gasteiger partial charge in [-0.2, -0.15) is 5.26 Å². The maximum Gasteiger partial charge on any atom is 0.218 e. The van der Waals surface area contributed by atoms with E-state index in [0.29, 0.717) is 23.6 Å². The van der Waals surface area contributed by atoms with Crippen LogP contribution in [0, 0.1) is 34.5 Å². The van der Waals surface area contributed by atoms with Crippen LogP contribution in [0.5, 0.6) is 0 Å². The molecule has 0 saturated heterocycles. The molecule has 0 bridgehead atoms. The van der Waals surface area contributed by atoms with E-state index >= 15 is 0 Å². The number of aromatic nitrogens is 2. The van der Waals surface area contributed by atoms with E-state index in [9.17, 15) is 5.26 Å². The smallest absolute Gasteiger partial charge is 0.218 e. The molecule has 1 aliphatic carbocycles.